The van der Waals surface area contributed by atoms with Crippen LogP contribution in [0.4, 0.5) is 4.39 Å². The average molecular weight is 376 g/mol. The Bertz CT molecular complexity index is 737. The van der Waals surface area contributed by atoms with Crippen LogP contribution in [0, 0.1) is 5.82 Å². The first kappa shape index (κ1) is 20.3. The van der Waals surface area contributed by atoms with E-state index in [1.165, 1.54) is 6.07 Å². The fourth-order valence-electron chi connectivity index (χ4n) is 2.61. The van der Waals surface area contributed by atoms with Gasteiger partial charge in [-0.15, -0.1) is 0 Å². The van der Waals surface area contributed by atoms with Gasteiger partial charge in [-0.05, 0) is 47.6 Å². The molecule has 6 heteroatoms. The lowest BCUT2D eigenvalue weighted by Gasteiger charge is -2.14. The molecule has 2 aromatic rings. The highest BCUT2D eigenvalue weighted by atomic mass is 32.2. The standard InChI is InChI=1S/C20H26FN3OS/c1-3-22-20(23-11-15-6-4-5-7-17(15)13-25)24-12-16-8-9-19(21)10-18(16)14-26-2/h4-10,25H,3,11-14H2,1-2H3,(H2,22,23,24). The lowest BCUT2D eigenvalue weighted by atomic mass is 10.1. The number of benzene rings is 2. The van der Waals surface area contributed by atoms with E-state index in [-0.39, 0.29) is 12.4 Å². The van der Waals surface area contributed by atoms with Crippen molar-refractivity contribution >= 4 is 17.7 Å². The van der Waals surface area contributed by atoms with Gasteiger partial charge >= 0.3 is 0 Å². The van der Waals surface area contributed by atoms with Crippen LogP contribution in [0.15, 0.2) is 47.5 Å². The first-order chi connectivity index (χ1) is 12.7. The Morgan fingerprint density at radius 3 is 2.54 bits per heavy atom. The first-order valence-corrected chi connectivity index (χ1v) is 10.0. The molecule has 0 saturated carbocycles. The van der Waals surface area contributed by atoms with E-state index in [1.54, 1.807) is 17.8 Å². The zero-order valence-corrected chi connectivity index (χ0v) is 16.1. The fourth-order valence-corrected chi connectivity index (χ4v) is 3.19. The van der Waals surface area contributed by atoms with Crippen molar-refractivity contribution in [2.45, 2.75) is 32.4 Å². The van der Waals surface area contributed by atoms with E-state index in [1.807, 2.05) is 43.5 Å². The zero-order chi connectivity index (χ0) is 18.8. The Morgan fingerprint density at radius 1 is 1.08 bits per heavy atom. The summed E-state index contributed by atoms with van der Waals surface area (Å²) in [4.78, 5) is 4.60. The molecular weight excluding hydrogens is 349 g/mol. The fraction of sp³-hybridized carbons (Fsp3) is 0.350. The molecule has 0 heterocycles. The number of halogens is 1. The van der Waals surface area contributed by atoms with Crippen LogP contribution >= 0.6 is 11.8 Å². The summed E-state index contributed by atoms with van der Waals surface area (Å²) in [5.41, 5.74) is 3.93. The number of aliphatic hydroxyl groups is 1. The highest BCUT2D eigenvalue weighted by Crippen LogP contribution is 2.16. The van der Waals surface area contributed by atoms with Gasteiger partial charge < -0.3 is 15.7 Å². The second kappa shape index (κ2) is 10.8. The van der Waals surface area contributed by atoms with E-state index in [0.29, 0.717) is 19.0 Å². The molecule has 0 aliphatic carbocycles. The maximum Gasteiger partial charge on any atom is 0.191 e. The minimum absolute atomic E-state index is 0.00326. The van der Waals surface area contributed by atoms with Gasteiger partial charge in [0.15, 0.2) is 5.96 Å². The molecule has 0 radical (unpaired) electrons. The van der Waals surface area contributed by atoms with Crippen LogP contribution in [0.5, 0.6) is 0 Å². The molecule has 140 valence electrons. The molecule has 3 N–H and O–H groups in total. The normalized spacial score (nSPS) is 11.5. The van der Waals surface area contributed by atoms with Crippen LogP contribution in [0.2, 0.25) is 0 Å². The Labute approximate surface area is 158 Å². The van der Waals surface area contributed by atoms with Crippen molar-refractivity contribution in [2.75, 3.05) is 12.8 Å². The molecule has 2 aromatic carbocycles. The maximum atomic E-state index is 13.5. The van der Waals surface area contributed by atoms with Gasteiger partial charge in [-0.2, -0.15) is 11.8 Å². The molecule has 0 aliphatic rings. The van der Waals surface area contributed by atoms with Crippen LogP contribution in [0.3, 0.4) is 0 Å². The van der Waals surface area contributed by atoms with Gasteiger partial charge in [-0.25, -0.2) is 9.38 Å². The van der Waals surface area contributed by atoms with Crippen molar-refractivity contribution in [2.24, 2.45) is 4.99 Å². The second-order valence-electron chi connectivity index (χ2n) is 5.82. The van der Waals surface area contributed by atoms with Crippen molar-refractivity contribution in [3.8, 4) is 0 Å². The largest absolute Gasteiger partial charge is 0.392 e. The Morgan fingerprint density at radius 2 is 1.85 bits per heavy atom. The van der Waals surface area contributed by atoms with E-state index < -0.39 is 0 Å². The summed E-state index contributed by atoms with van der Waals surface area (Å²) in [6, 6.07) is 12.6. The molecule has 0 aromatic heterocycles. The van der Waals surface area contributed by atoms with Crippen molar-refractivity contribution in [1.82, 2.24) is 10.6 Å². The summed E-state index contributed by atoms with van der Waals surface area (Å²) in [5, 5.41) is 16.0. The Balaban J connectivity index is 2.08. The third kappa shape index (κ3) is 6.04. The van der Waals surface area contributed by atoms with Gasteiger partial charge in [-0.3, -0.25) is 0 Å². The van der Waals surface area contributed by atoms with E-state index in [9.17, 15) is 9.50 Å². The van der Waals surface area contributed by atoms with Gasteiger partial charge in [-0.1, -0.05) is 30.3 Å². The minimum atomic E-state index is -0.209. The summed E-state index contributed by atoms with van der Waals surface area (Å²) >= 11 is 1.67. The lowest BCUT2D eigenvalue weighted by molar-refractivity contribution is 0.280. The van der Waals surface area contributed by atoms with Gasteiger partial charge in [0.25, 0.3) is 0 Å². The molecule has 0 bridgehead atoms. The average Bonchev–Trinajstić information content (AvgIpc) is 2.65. The predicted molar refractivity (Wildman–Crippen MR) is 108 cm³/mol. The van der Waals surface area contributed by atoms with E-state index in [4.69, 9.17) is 0 Å². The number of hydrogen-bond donors (Lipinski definition) is 3. The lowest BCUT2D eigenvalue weighted by Crippen LogP contribution is -2.37. The summed E-state index contributed by atoms with van der Waals surface area (Å²) in [6.45, 7) is 3.81. The Hall–Kier alpha value is -2.05. The van der Waals surface area contributed by atoms with Gasteiger partial charge in [0.05, 0.1) is 13.2 Å². The molecule has 0 saturated heterocycles. The molecule has 0 unspecified atom stereocenters. The predicted octanol–water partition coefficient (Wildman–Crippen LogP) is 3.44. The summed E-state index contributed by atoms with van der Waals surface area (Å²) in [5.74, 6) is 1.26. The van der Waals surface area contributed by atoms with Crippen molar-refractivity contribution < 1.29 is 9.50 Å². The van der Waals surface area contributed by atoms with Crippen LogP contribution in [-0.2, 0) is 25.4 Å². The van der Waals surface area contributed by atoms with E-state index in [0.717, 1.165) is 34.6 Å². The van der Waals surface area contributed by atoms with Crippen LogP contribution < -0.4 is 10.6 Å². The molecule has 0 aliphatic heterocycles. The highest BCUT2D eigenvalue weighted by molar-refractivity contribution is 7.97. The number of aliphatic imine (C=N–C) groups is 1. The van der Waals surface area contributed by atoms with Crippen LogP contribution in [0.1, 0.15) is 29.2 Å². The molecule has 26 heavy (non-hydrogen) atoms. The van der Waals surface area contributed by atoms with Crippen LogP contribution in [-0.4, -0.2) is 23.9 Å². The smallest absolute Gasteiger partial charge is 0.191 e. The minimum Gasteiger partial charge on any atom is -0.392 e. The number of rotatable bonds is 8. The third-order valence-corrected chi connectivity index (χ3v) is 4.55. The number of guanidine groups is 1. The van der Waals surface area contributed by atoms with E-state index >= 15 is 0 Å². The molecule has 4 nitrogen and oxygen atoms in total. The van der Waals surface area contributed by atoms with Gasteiger partial charge in [0.2, 0.25) is 0 Å². The second-order valence-corrected chi connectivity index (χ2v) is 6.69. The monoisotopic (exact) mass is 375 g/mol. The van der Waals surface area contributed by atoms with Crippen molar-refractivity contribution in [3.63, 3.8) is 0 Å². The number of hydrogen-bond acceptors (Lipinski definition) is 3. The van der Waals surface area contributed by atoms with Gasteiger partial charge in [0, 0.05) is 18.8 Å². The molecule has 0 amide bonds. The number of aliphatic hydroxyl groups excluding tert-OH is 1. The van der Waals surface area contributed by atoms with Crippen molar-refractivity contribution in [3.05, 3.63) is 70.5 Å². The summed E-state index contributed by atoms with van der Waals surface area (Å²) in [7, 11) is 0. The van der Waals surface area contributed by atoms with Gasteiger partial charge in [0.1, 0.15) is 5.82 Å². The number of nitrogens with zero attached hydrogens (tertiary/aromatic N) is 1. The maximum absolute atomic E-state index is 13.5. The van der Waals surface area contributed by atoms with Crippen LogP contribution in [0.25, 0.3) is 0 Å². The molecule has 0 spiro atoms. The number of nitrogens with one attached hydrogen (secondary N) is 2. The first-order valence-electron chi connectivity index (χ1n) is 8.64. The quantitative estimate of drug-likeness (QED) is 0.489. The SMILES string of the molecule is CCNC(=NCc1ccccc1CO)NCc1ccc(F)cc1CSC. The molecule has 0 fully saturated rings. The highest BCUT2D eigenvalue weighted by Gasteiger charge is 2.06. The molecule has 2 rings (SSSR count). The van der Waals surface area contributed by atoms with E-state index in [2.05, 4.69) is 15.6 Å². The molecule has 0 atom stereocenters. The number of thioether (sulfide) groups is 1. The summed E-state index contributed by atoms with van der Waals surface area (Å²) in [6.07, 6.45) is 2.01. The summed E-state index contributed by atoms with van der Waals surface area (Å²) < 4.78 is 13.5. The molecular formula is C20H26FN3OS. The topological polar surface area (TPSA) is 56.7 Å². The zero-order valence-electron chi connectivity index (χ0n) is 15.3. The van der Waals surface area contributed by atoms with Crippen molar-refractivity contribution in [1.29, 1.82) is 0 Å². The third-order valence-electron chi connectivity index (χ3n) is 3.95. The Kier molecular flexibility index (Phi) is 8.44.